The topological polar surface area (TPSA) is 39.4 Å². The van der Waals surface area contributed by atoms with Crippen molar-refractivity contribution in [2.45, 2.75) is 13.3 Å². The molecule has 2 heterocycles. The maximum Gasteiger partial charge on any atom is 0.228 e. The Labute approximate surface area is 122 Å². The average molecular weight is 278 g/mol. The average Bonchev–Trinajstić information content (AvgIpc) is 3.11. The Balaban J connectivity index is 1.75. The first kappa shape index (κ1) is 12.2. The summed E-state index contributed by atoms with van der Waals surface area (Å²) < 4.78 is 11.1. The number of ketones is 1. The molecule has 21 heavy (non-hydrogen) atoms. The van der Waals surface area contributed by atoms with Gasteiger partial charge < -0.3 is 9.15 Å². The van der Waals surface area contributed by atoms with E-state index in [2.05, 4.69) is 0 Å². The van der Waals surface area contributed by atoms with Gasteiger partial charge in [0.2, 0.25) is 5.78 Å². The molecule has 0 saturated carbocycles. The number of benzene rings is 2. The molecule has 3 nitrogen and oxygen atoms in total. The highest BCUT2D eigenvalue weighted by Crippen LogP contribution is 2.28. The molecule has 4 rings (SSSR count). The zero-order valence-corrected chi connectivity index (χ0v) is 11.7. The molecular weight excluding hydrogens is 264 g/mol. The second-order valence-corrected chi connectivity index (χ2v) is 5.40. The zero-order chi connectivity index (χ0) is 14.4. The maximum absolute atomic E-state index is 12.6. The minimum Gasteiger partial charge on any atom is -0.493 e. The zero-order valence-electron chi connectivity index (χ0n) is 11.7. The van der Waals surface area contributed by atoms with Gasteiger partial charge in [-0.05, 0) is 48.9 Å². The SMILES string of the molecule is Cc1ccc2oc(C(=O)c3ccc4c(c3)CCO4)cc2c1. The molecule has 3 heteroatoms. The Hall–Kier alpha value is -2.55. The third-order valence-corrected chi connectivity index (χ3v) is 3.85. The van der Waals surface area contributed by atoms with Crippen LogP contribution >= 0.6 is 0 Å². The van der Waals surface area contributed by atoms with Crippen molar-refractivity contribution in [2.75, 3.05) is 6.61 Å². The molecule has 2 aromatic carbocycles. The first-order valence-corrected chi connectivity index (χ1v) is 7.01. The van der Waals surface area contributed by atoms with Gasteiger partial charge in [0.25, 0.3) is 0 Å². The van der Waals surface area contributed by atoms with Gasteiger partial charge in [-0.25, -0.2) is 0 Å². The number of furan rings is 1. The van der Waals surface area contributed by atoms with Gasteiger partial charge >= 0.3 is 0 Å². The monoisotopic (exact) mass is 278 g/mol. The lowest BCUT2D eigenvalue weighted by molar-refractivity contribution is 0.101. The van der Waals surface area contributed by atoms with E-state index in [-0.39, 0.29) is 5.78 Å². The molecule has 0 atom stereocenters. The van der Waals surface area contributed by atoms with Gasteiger partial charge in [0.15, 0.2) is 5.76 Å². The summed E-state index contributed by atoms with van der Waals surface area (Å²) in [4.78, 5) is 12.6. The smallest absolute Gasteiger partial charge is 0.228 e. The van der Waals surface area contributed by atoms with Crippen molar-refractivity contribution >= 4 is 16.8 Å². The normalized spacial score (nSPS) is 13.2. The number of aryl methyl sites for hydroxylation is 1. The summed E-state index contributed by atoms with van der Waals surface area (Å²) in [5.41, 5.74) is 3.63. The van der Waals surface area contributed by atoms with Gasteiger partial charge in [-0.15, -0.1) is 0 Å². The molecule has 0 fully saturated rings. The van der Waals surface area contributed by atoms with Crippen molar-refractivity contribution in [3.8, 4) is 5.75 Å². The number of ether oxygens (including phenoxy) is 1. The lowest BCUT2D eigenvalue weighted by atomic mass is 10.0. The summed E-state index contributed by atoms with van der Waals surface area (Å²) in [5.74, 6) is 1.18. The van der Waals surface area contributed by atoms with Crippen LogP contribution in [0.5, 0.6) is 5.75 Å². The molecule has 0 saturated heterocycles. The number of hydrogen-bond donors (Lipinski definition) is 0. The fourth-order valence-electron chi connectivity index (χ4n) is 2.74. The van der Waals surface area contributed by atoms with Crippen molar-refractivity contribution in [3.63, 3.8) is 0 Å². The van der Waals surface area contributed by atoms with Crippen molar-refractivity contribution in [1.29, 1.82) is 0 Å². The highest BCUT2D eigenvalue weighted by atomic mass is 16.5. The van der Waals surface area contributed by atoms with E-state index in [0.29, 0.717) is 17.9 Å². The van der Waals surface area contributed by atoms with E-state index in [4.69, 9.17) is 9.15 Å². The molecule has 0 unspecified atom stereocenters. The molecular formula is C18H14O3. The van der Waals surface area contributed by atoms with Crippen LogP contribution in [0.25, 0.3) is 11.0 Å². The van der Waals surface area contributed by atoms with Crippen LogP contribution in [0.3, 0.4) is 0 Å². The van der Waals surface area contributed by atoms with Crippen LogP contribution in [0.2, 0.25) is 0 Å². The van der Waals surface area contributed by atoms with E-state index >= 15 is 0 Å². The van der Waals surface area contributed by atoms with Crippen molar-refractivity contribution in [1.82, 2.24) is 0 Å². The van der Waals surface area contributed by atoms with E-state index in [9.17, 15) is 4.79 Å². The Bertz CT molecular complexity index is 858. The predicted molar refractivity (Wildman–Crippen MR) is 80.0 cm³/mol. The van der Waals surface area contributed by atoms with Crippen molar-refractivity contribution < 1.29 is 13.9 Å². The first-order valence-electron chi connectivity index (χ1n) is 7.01. The van der Waals surface area contributed by atoms with Crippen LogP contribution in [0.1, 0.15) is 27.2 Å². The molecule has 3 aromatic rings. The second-order valence-electron chi connectivity index (χ2n) is 5.40. The molecule has 0 aliphatic carbocycles. The van der Waals surface area contributed by atoms with Gasteiger partial charge in [0.1, 0.15) is 11.3 Å². The lowest BCUT2D eigenvalue weighted by Crippen LogP contribution is -1.99. The van der Waals surface area contributed by atoms with Crippen LogP contribution in [0, 0.1) is 6.92 Å². The van der Waals surface area contributed by atoms with Crippen LogP contribution in [-0.4, -0.2) is 12.4 Å². The number of carbonyl (C=O) groups is 1. The maximum atomic E-state index is 12.6. The summed E-state index contributed by atoms with van der Waals surface area (Å²) >= 11 is 0. The third kappa shape index (κ3) is 2.02. The fourth-order valence-corrected chi connectivity index (χ4v) is 2.74. The van der Waals surface area contributed by atoms with E-state index in [0.717, 1.165) is 34.3 Å². The summed E-state index contributed by atoms with van der Waals surface area (Å²) in [7, 11) is 0. The molecule has 104 valence electrons. The lowest BCUT2D eigenvalue weighted by Gasteiger charge is -2.01. The molecule has 0 bridgehead atoms. The van der Waals surface area contributed by atoms with E-state index in [1.165, 1.54) is 0 Å². The van der Waals surface area contributed by atoms with E-state index < -0.39 is 0 Å². The van der Waals surface area contributed by atoms with E-state index in [1.807, 2.05) is 43.3 Å². The number of carbonyl (C=O) groups excluding carboxylic acids is 1. The number of fused-ring (bicyclic) bond motifs is 2. The molecule has 1 aliphatic rings. The molecule has 0 N–H and O–H groups in total. The largest absolute Gasteiger partial charge is 0.493 e. The van der Waals surface area contributed by atoms with Crippen LogP contribution in [0.4, 0.5) is 0 Å². The summed E-state index contributed by atoms with van der Waals surface area (Å²) in [6.45, 7) is 2.71. The van der Waals surface area contributed by atoms with Crippen LogP contribution < -0.4 is 4.74 Å². The highest BCUT2D eigenvalue weighted by Gasteiger charge is 2.18. The van der Waals surface area contributed by atoms with Gasteiger partial charge in [-0.2, -0.15) is 0 Å². The Kier molecular flexibility index (Phi) is 2.61. The Morgan fingerprint density at radius 2 is 2.00 bits per heavy atom. The van der Waals surface area contributed by atoms with Crippen LogP contribution in [0.15, 0.2) is 46.9 Å². The van der Waals surface area contributed by atoms with Crippen LogP contribution in [-0.2, 0) is 6.42 Å². The molecule has 0 radical (unpaired) electrons. The first-order chi connectivity index (χ1) is 10.2. The van der Waals surface area contributed by atoms with E-state index in [1.54, 1.807) is 6.07 Å². The van der Waals surface area contributed by atoms with Gasteiger partial charge in [0.05, 0.1) is 6.61 Å². The Morgan fingerprint density at radius 3 is 2.90 bits per heavy atom. The minimum atomic E-state index is -0.0847. The highest BCUT2D eigenvalue weighted by molar-refractivity contribution is 6.09. The standard InChI is InChI=1S/C18H14O3/c1-11-2-4-16-14(8-11)10-17(21-16)18(19)13-3-5-15-12(9-13)6-7-20-15/h2-5,8-10H,6-7H2,1H3. The summed E-state index contributed by atoms with van der Waals surface area (Å²) in [6.07, 6.45) is 0.857. The van der Waals surface area contributed by atoms with Gasteiger partial charge in [0, 0.05) is 17.4 Å². The summed E-state index contributed by atoms with van der Waals surface area (Å²) in [5, 5.41) is 0.961. The van der Waals surface area contributed by atoms with Gasteiger partial charge in [-0.1, -0.05) is 11.6 Å². The molecule has 0 spiro atoms. The number of hydrogen-bond acceptors (Lipinski definition) is 3. The summed E-state index contributed by atoms with van der Waals surface area (Å²) in [6, 6.07) is 13.3. The minimum absolute atomic E-state index is 0.0847. The van der Waals surface area contributed by atoms with Gasteiger partial charge in [-0.3, -0.25) is 4.79 Å². The molecule has 1 aromatic heterocycles. The second kappa shape index (κ2) is 4.48. The fraction of sp³-hybridized carbons (Fsp3) is 0.167. The van der Waals surface area contributed by atoms with Crippen molar-refractivity contribution in [3.05, 3.63) is 64.9 Å². The van der Waals surface area contributed by atoms with Crippen molar-refractivity contribution in [2.24, 2.45) is 0 Å². The third-order valence-electron chi connectivity index (χ3n) is 3.85. The number of rotatable bonds is 2. The molecule has 1 aliphatic heterocycles. The quantitative estimate of drug-likeness (QED) is 0.667. The predicted octanol–water partition coefficient (Wildman–Crippen LogP) is 3.91. The Morgan fingerprint density at radius 1 is 1.10 bits per heavy atom. The molecule has 0 amide bonds.